The van der Waals surface area contributed by atoms with Crippen LogP contribution in [0, 0.1) is 11.8 Å². The topological polar surface area (TPSA) is 71.0 Å². The summed E-state index contributed by atoms with van der Waals surface area (Å²) in [4.78, 5) is 19.0. The molecular weight excluding hydrogens is 332 g/mol. The zero-order valence-corrected chi connectivity index (χ0v) is 15.3. The summed E-state index contributed by atoms with van der Waals surface area (Å²) in [5, 5.41) is 16.2. The minimum absolute atomic E-state index is 0.0405. The Bertz CT molecular complexity index is 755. The molecule has 140 valence electrons. The summed E-state index contributed by atoms with van der Waals surface area (Å²) in [5.41, 5.74) is 0.338. The molecule has 1 aromatic carbocycles. The average molecular weight is 358 g/mol. The van der Waals surface area contributed by atoms with Crippen LogP contribution in [-0.4, -0.2) is 49.0 Å². The van der Waals surface area contributed by atoms with Gasteiger partial charge < -0.3 is 15.2 Å². The van der Waals surface area contributed by atoms with Gasteiger partial charge in [0.05, 0.1) is 31.1 Å². The number of rotatable bonds is 2. The summed E-state index contributed by atoms with van der Waals surface area (Å²) in [6.45, 7) is 3.22. The molecule has 26 heavy (non-hydrogen) atoms. The highest BCUT2D eigenvalue weighted by atomic mass is 16.7. The number of piperidine rings is 1. The third-order valence-corrected chi connectivity index (χ3v) is 7.41. The van der Waals surface area contributed by atoms with Crippen molar-refractivity contribution >= 4 is 11.6 Å². The van der Waals surface area contributed by atoms with Gasteiger partial charge in [0.25, 0.3) is 5.91 Å². The lowest BCUT2D eigenvalue weighted by Gasteiger charge is -2.50. The molecule has 1 aromatic rings. The van der Waals surface area contributed by atoms with Crippen molar-refractivity contribution in [2.24, 2.45) is 11.8 Å². The molecule has 0 aromatic heterocycles. The van der Waals surface area contributed by atoms with Gasteiger partial charge in [0.2, 0.25) is 0 Å². The van der Waals surface area contributed by atoms with Gasteiger partial charge in [-0.05, 0) is 36.8 Å². The fourth-order valence-corrected chi connectivity index (χ4v) is 5.98. The second-order valence-corrected chi connectivity index (χ2v) is 8.25. The zero-order valence-electron chi connectivity index (χ0n) is 15.3. The first-order valence-corrected chi connectivity index (χ1v) is 9.60. The van der Waals surface area contributed by atoms with Crippen LogP contribution in [0.15, 0.2) is 24.3 Å². The number of fused-ring (bicyclic) bond motifs is 2. The van der Waals surface area contributed by atoms with Crippen LogP contribution >= 0.6 is 0 Å². The zero-order chi connectivity index (χ0) is 18.1. The van der Waals surface area contributed by atoms with Crippen molar-refractivity contribution in [3.8, 4) is 0 Å². The minimum Gasteiger partial charge on any atom is -0.388 e. The number of ether oxygens (including phenoxy) is 1. The van der Waals surface area contributed by atoms with Crippen LogP contribution in [-0.2, 0) is 19.8 Å². The Morgan fingerprint density at radius 3 is 3.00 bits per heavy atom. The summed E-state index contributed by atoms with van der Waals surface area (Å²) in [7, 11) is 1.54. The van der Waals surface area contributed by atoms with Gasteiger partial charge in [-0.25, -0.2) is 0 Å². The number of hydrogen-bond acceptors (Lipinski definition) is 5. The van der Waals surface area contributed by atoms with Gasteiger partial charge in [0.1, 0.15) is 5.41 Å². The van der Waals surface area contributed by atoms with Crippen LogP contribution in [0.25, 0.3) is 0 Å². The molecule has 6 atom stereocenters. The predicted molar refractivity (Wildman–Crippen MR) is 95.6 cm³/mol. The van der Waals surface area contributed by atoms with Gasteiger partial charge in [0, 0.05) is 18.5 Å². The fraction of sp³-hybridized carbons (Fsp3) is 0.650. The van der Waals surface area contributed by atoms with Crippen molar-refractivity contribution in [3.63, 3.8) is 0 Å². The Hall–Kier alpha value is -1.47. The molecule has 1 amide bonds. The van der Waals surface area contributed by atoms with Gasteiger partial charge >= 0.3 is 0 Å². The van der Waals surface area contributed by atoms with Crippen LogP contribution in [0.3, 0.4) is 0 Å². The summed E-state index contributed by atoms with van der Waals surface area (Å²) >= 11 is 0. The molecule has 4 fully saturated rings. The molecule has 4 aliphatic heterocycles. The molecule has 1 aliphatic carbocycles. The Morgan fingerprint density at radius 1 is 1.42 bits per heavy atom. The third kappa shape index (κ3) is 1.88. The van der Waals surface area contributed by atoms with Gasteiger partial charge in [-0.3, -0.25) is 9.63 Å². The lowest BCUT2D eigenvalue weighted by molar-refractivity contribution is -0.154. The van der Waals surface area contributed by atoms with Crippen molar-refractivity contribution in [2.75, 3.05) is 25.3 Å². The Balaban J connectivity index is 1.66. The highest BCUT2D eigenvalue weighted by Gasteiger charge is 2.65. The average Bonchev–Trinajstić information content (AvgIpc) is 2.77. The molecule has 3 saturated heterocycles. The van der Waals surface area contributed by atoms with E-state index in [9.17, 15) is 9.90 Å². The molecule has 2 N–H and O–H groups in total. The molecular formula is C20H26N2O4. The summed E-state index contributed by atoms with van der Waals surface area (Å²) in [5.74, 6) is 0.357. The molecule has 4 bridgehead atoms. The fourth-order valence-electron chi connectivity index (χ4n) is 5.98. The first-order chi connectivity index (χ1) is 12.5. The predicted octanol–water partition coefficient (Wildman–Crippen LogP) is 1.37. The second-order valence-electron chi connectivity index (χ2n) is 8.25. The van der Waals surface area contributed by atoms with E-state index >= 15 is 0 Å². The number of para-hydroxylation sites is 1. The highest BCUT2D eigenvalue weighted by Crippen LogP contribution is 2.56. The van der Waals surface area contributed by atoms with E-state index in [1.807, 2.05) is 31.2 Å². The van der Waals surface area contributed by atoms with E-state index in [4.69, 9.17) is 9.57 Å². The number of carbonyl (C=O) groups is 1. The SMILES string of the molecule is CC[C@]1(O)CN[C@H]2C[C@@]3(C(=O)N(OC)c4ccccc43)[C@H]3C[C@@H]1[C@@H]2CO3. The van der Waals surface area contributed by atoms with Gasteiger partial charge in [-0.1, -0.05) is 25.1 Å². The molecule has 6 rings (SSSR count). The van der Waals surface area contributed by atoms with Crippen molar-refractivity contribution < 1.29 is 19.5 Å². The number of anilines is 1. The largest absolute Gasteiger partial charge is 0.388 e. The standard InChI is InChI=1S/C20H26N2O4/c1-3-19(24)11-21-15-9-20(17-8-14(19)12(15)10-26-17)13-6-4-5-7-16(13)22(25-2)18(20)23/h4-7,12,14-15,17,21,24H,3,8-11H2,1-2H3/t12-,14+,15-,17+,19-,20-/m0/s1. The third-order valence-electron chi connectivity index (χ3n) is 7.41. The normalized spacial score (nSPS) is 43.7. The highest BCUT2D eigenvalue weighted by molar-refractivity contribution is 6.07. The van der Waals surface area contributed by atoms with Crippen LogP contribution in [0.2, 0.25) is 0 Å². The van der Waals surface area contributed by atoms with E-state index < -0.39 is 11.0 Å². The molecule has 5 aliphatic rings. The Labute approximate surface area is 153 Å². The number of amides is 1. The van der Waals surface area contributed by atoms with Crippen molar-refractivity contribution in [3.05, 3.63) is 29.8 Å². The number of carbonyl (C=O) groups excluding carboxylic acids is 1. The Kier molecular flexibility index (Phi) is 3.54. The Morgan fingerprint density at radius 2 is 2.23 bits per heavy atom. The van der Waals surface area contributed by atoms with Gasteiger partial charge in [0.15, 0.2) is 0 Å². The number of hydrogen-bond donors (Lipinski definition) is 2. The number of nitrogens with zero attached hydrogens (tertiary/aromatic N) is 1. The smallest absolute Gasteiger partial charge is 0.264 e. The molecule has 6 nitrogen and oxygen atoms in total. The molecule has 1 saturated carbocycles. The van der Waals surface area contributed by atoms with E-state index in [2.05, 4.69) is 5.32 Å². The van der Waals surface area contributed by atoms with Crippen molar-refractivity contribution in [1.29, 1.82) is 0 Å². The maximum absolute atomic E-state index is 13.6. The van der Waals surface area contributed by atoms with E-state index in [0.717, 1.165) is 11.3 Å². The summed E-state index contributed by atoms with van der Waals surface area (Å²) < 4.78 is 6.28. The maximum atomic E-state index is 13.6. The lowest BCUT2D eigenvalue weighted by atomic mass is 9.68. The number of benzene rings is 1. The van der Waals surface area contributed by atoms with Crippen molar-refractivity contribution in [2.45, 2.75) is 49.3 Å². The van der Waals surface area contributed by atoms with E-state index in [-0.39, 0.29) is 29.9 Å². The summed E-state index contributed by atoms with van der Waals surface area (Å²) in [6, 6.07) is 8.04. The number of aliphatic hydroxyl groups is 1. The maximum Gasteiger partial charge on any atom is 0.264 e. The van der Waals surface area contributed by atoms with Gasteiger partial charge in [-0.2, -0.15) is 5.06 Å². The second kappa shape index (κ2) is 5.52. The molecule has 0 radical (unpaired) electrons. The first kappa shape index (κ1) is 16.7. The molecule has 0 unspecified atom stereocenters. The molecule has 4 heterocycles. The van der Waals surface area contributed by atoms with Crippen LogP contribution in [0.4, 0.5) is 5.69 Å². The van der Waals surface area contributed by atoms with Gasteiger partial charge in [-0.15, -0.1) is 0 Å². The lowest BCUT2D eigenvalue weighted by Crippen LogP contribution is -2.62. The molecule has 6 heteroatoms. The number of β-amino-alcohol motifs (C(OH)–C–C–N with tert-alkyl or cyclic N) is 1. The quantitative estimate of drug-likeness (QED) is 0.836. The summed E-state index contributed by atoms with van der Waals surface area (Å²) in [6.07, 6.45) is 1.88. The van der Waals surface area contributed by atoms with Crippen LogP contribution in [0.5, 0.6) is 0 Å². The van der Waals surface area contributed by atoms with E-state index in [0.29, 0.717) is 32.4 Å². The van der Waals surface area contributed by atoms with Crippen LogP contribution < -0.4 is 10.4 Å². The number of hydroxylamine groups is 1. The molecule has 1 spiro atoms. The van der Waals surface area contributed by atoms with Crippen molar-refractivity contribution in [1.82, 2.24) is 5.32 Å². The first-order valence-electron chi connectivity index (χ1n) is 9.60. The van der Waals surface area contributed by atoms with Crippen LogP contribution in [0.1, 0.15) is 31.7 Å². The van der Waals surface area contributed by atoms with E-state index in [1.165, 1.54) is 12.2 Å². The van der Waals surface area contributed by atoms with E-state index in [1.54, 1.807) is 0 Å². The monoisotopic (exact) mass is 358 g/mol. The minimum atomic E-state index is -0.743. The number of nitrogens with one attached hydrogen (secondary N) is 1.